The van der Waals surface area contributed by atoms with Gasteiger partial charge in [-0.25, -0.2) is 9.97 Å². The van der Waals surface area contributed by atoms with Crippen molar-refractivity contribution in [1.29, 1.82) is 0 Å². The molecule has 0 aliphatic carbocycles. The van der Waals surface area contributed by atoms with Crippen molar-refractivity contribution in [3.63, 3.8) is 0 Å². The molecule has 1 unspecified atom stereocenters. The van der Waals surface area contributed by atoms with Gasteiger partial charge >= 0.3 is 6.18 Å². The highest BCUT2D eigenvalue weighted by atomic mass is 19.4. The van der Waals surface area contributed by atoms with Crippen molar-refractivity contribution in [2.24, 2.45) is 5.92 Å². The number of halogens is 3. The topological polar surface area (TPSA) is 29.0 Å². The average molecular weight is 301 g/mol. The monoisotopic (exact) mass is 301 g/mol. The van der Waals surface area contributed by atoms with Crippen LogP contribution in [0.15, 0.2) is 12.4 Å². The molecule has 1 aliphatic rings. The molecule has 1 aromatic rings. The number of rotatable bonds is 3. The highest BCUT2D eigenvalue weighted by molar-refractivity contribution is 5.16. The Bertz CT molecular complexity index is 480. The third-order valence-electron chi connectivity index (χ3n) is 3.76. The lowest BCUT2D eigenvalue weighted by Crippen LogP contribution is -2.32. The number of aromatic nitrogens is 2. The van der Waals surface area contributed by atoms with Gasteiger partial charge in [-0.1, -0.05) is 20.8 Å². The fourth-order valence-electron chi connectivity index (χ4n) is 2.69. The SMILES string of the molecule is CC(C)(C)c1cc(CC2CCN(CC(F)(F)F)C2)ncn1. The first-order chi connectivity index (χ1) is 9.63. The predicted octanol–water partition coefficient (Wildman–Crippen LogP) is 3.20. The molecule has 1 aliphatic heterocycles. The minimum absolute atomic E-state index is 0.0459. The number of hydrogen-bond acceptors (Lipinski definition) is 3. The van der Waals surface area contributed by atoms with Crippen LogP contribution in [0.25, 0.3) is 0 Å². The Kier molecular flexibility index (Phi) is 4.56. The quantitative estimate of drug-likeness (QED) is 0.858. The molecule has 0 bridgehead atoms. The molecule has 1 fully saturated rings. The molecule has 0 saturated carbocycles. The molecule has 2 rings (SSSR count). The van der Waals surface area contributed by atoms with E-state index in [9.17, 15) is 13.2 Å². The summed E-state index contributed by atoms with van der Waals surface area (Å²) in [7, 11) is 0. The Morgan fingerprint density at radius 2 is 1.95 bits per heavy atom. The van der Waals surface area contributed by atoms with Gasteiger partial charge in [-0.05, 0) is 31.4 Å². The molecule has 1 saturated heterocycles. The van der Waals surface area contributed by atoms with Crippen LogP contribution in [0.3, 0.4) is 0 Å². The second kappa shape index (κ2) is 5.91. The number of hydrogen-bond donors (Lipinski definition) is 0. The van der Waals surface area contributed by atoms with Gasteiger partial charge in [0.2, 0.25) is 0 Å². The van der Waals surface area contributed by atoms with Crippen molar-refractivity contribution in [2.45, 2.75) is 45.2 Å². The van der Waals surface area contributed by atoms with Crippen molar-refractivity contribution in [1.82, 2.24) is 14.9 Å². The first-order valence-corrected chi connectivity index (χ1v) is 7.24. The van der Waals surface area contributed by atoms with Gasteiger partial charge in [0, 0.05) is 23.3 Å². The molecule has 0 N–H and O–H groups in total. The second-order valence-electron chi connectivity index (χ2n) is 6.85. The van der Waals surface area contributed by atoms with Crippen molar-refractivity contribution >= 4 is 0 Å². The summed E-state index contributed by atoms with van der Waals surface area (Å²) in [6.07, 6.45) is -1.04. The van der Waals surface area contributed by atoms with Gasteiger partial charge in [0.25, 0.3) is 0 Å². The smallest absolute Gasteiger partial charge is 0.295 e. The molecule has 6 heteroatoms. The molecule has 118 valence electrons. The Hall–Kier alpha value is -1.17. The summed E-state index contributed by atoms with van der Waals surface area (Å²) in [6, 6.07) is 1.98. The molecular weight excluding hydrogens is 279 g/mol. The Balaban J connectivity index is 1.95. The maximum absolute atomic E-state index is 12.4. The Morgan fingerprint density at radius 3 is 2.57 bits per heavy atom. The van der Waals surface area contributed by atoms with E-state index in [-0.39, 0.29) is 11.3 Å². The van der Waals surface area contributed by atoms with Crippen LogP contribution in [-0.4, -0.2) is 40.7 Å². The molecule has 3 nitrogen and oxygen atoms in total. The standard InChI is InChI=1S/C15H22F3N3/c1-14(2,3)13-7-12(19-10-20-13)6-11-4-5-21(8-11)9-15(16,17)18/h7,10-11H,4-6,8-9H2,1-3H3. The maximum Gasteiger partial charge on any atom is 0.401 e. The van der Waals surface area contributed by atoms with E-state index in [0.717, 1.165) is 24.2 Å². The van der Waals surface area contributed by atoms with E-state index in [4.69, 9.17) is 0 Å². The van der Waals surface area contributed by atoms with Crippen LogP contribution in [0.5, 0.6) is 0 Å². The first-order valence-electron chi connectivity index (χ1n) is 7.24. The zero-order chi connectivity index (χ0) is 15.7. The van der Waals surface area contributed by atoms with Crippen LogP contribution < -0.4 is 0 Å². The molecule has 0 spiro atoms. The van der Waals surface area contributed by atoms with Gasteiger partial charge in [-0.2, -0.15) is 13.2 Å². The molecule has 2 heterocycles. The van der Waals surface area contributed by atoms with Crippen LogP contribution in [-0.2, 0) is 11.8 Å². The third-order valence-corrected chi connectivity index (χ3v) is 3.76. The predicted molar refractivity (Wildman–Crippen MR) is 75.0 cm³/mol. The lowest BCUT2D eigenvalue weighted by atomic mass is 9.90. The van der Waals surface area contributed by atoms with E-state index in [1.807, 2.05) is 6.07 Å². The lowest BCUT2D eigenvalue weighted by Gasteiger charge is -2.19. The fraction of sp³-hybridized carbons (Fsp3) is 0.733. The van der Waals surface area contributed by atoms with Gasteiger partial charge in [0.15, 0.2) is 0 Å². The van der Waals surface area contributed by atoms with Gasteiger partial charge in [0.05, 0.1) is 6.54 Å². The molecular formula is C15H22F3N3. The zero-order valence-electron chi connectivity index (χ0n) is 12.7. The molecule has 1 aromatic heterocycles. The van der Waals surface area contributed by atoms with E-state index in [0.29, 0.717) is 13.1 Å². The number of nitrogens with zero attached hydrogens (tertiary/aromatic N) is 3. The van der Waals surface area contributed by atoms with Crippen molar-refractivity contribution in [2.75, 3.05) is 19.6 Å². The van der Waals surface area contributed by atoms with Crippen molar-refractivity contribution < 1.29 is 13.2 Å². The summed E-state index contributed by atoms with van der Waals surface area (Å²) in [5.74, 6) is 0.245. The fourth-order valence-corrected chi connectivity index (χ4v) is 2.69. The van der Waals surface area contributed by atoms with Gasteiger partial charge < -0.3 is 0 Å². The molecule has 0 radical (unpaired) electrons. The molecule has 21 heavy (non-hydrogen) atoms. The third kappa shape index (κ3) is 4.95. The molecule has 0 aromatic carbocycles. The summed E-state index contributed by atoms with van der Waals surface area (Å²) in [4.78, 5) is 10.0. The number of likely N-dealkylation sites (tertiary alicyclic amines) is 1. The van der Waals surface area contributed by atoms with Gasteiger partial charge in [-0.15, -0.1) is 0 Å². The van der Waals surface area contributed by atoms with Crippen molar-refractivity contribution in [3.05, 3.63) is 23.8 Å². The van der Waals surface area contributed by atoms with Crippen LogP contribution in [0, 0.1) is 5.92 Å². The minimum Gasteiger partial charge on any atom is -0.295 e. The minimum atomic E-state index is -4.11. The second-order valence-corrected chi connectivity index (χ2v) is 6.85. The van der Waals surface area contributed by atoms with Crippen LogP contribution in [0.4, 0.5) is 13.2 Å². The van der Waals surface area contributed by atoms with Crippen molar-refractivity contribution in [3.8, 4) is 0 Å². The van der Waals surface area contributed by atoms with Crippen LogP contribution >= 0.6 is 0 Å². The summed E-state index contributed by atoms with van der Waals surface area (Å²) < 4.78 is 37.1. The summed E-state index contributed by atoms with van der Waals surface area (Å²) in [5, 5.41) is 0. The largest absolute Gasteiger partial charge is 0.401 e. The van der Waals surface area contributed by atoms with Crippen LogP contribution in [0.2, 0.25) is 0 Å². The van der Waals surface area contributed by atoms with E-state index in [1.165, 1.54) is 4.90 Å². The highest BCUT2D eigenvalue weighted by Gasteiger charge is 2.34. The summed E-state index contributed by atoms with van der Waals surface area (Å²) in [6.45, 7) is 6.45. The van der Waals surface area contributed by atoms with E-state index < -0.39 is 12.7 Å². The average Bonchev–Trinajstić information content (AvgIpc) is 2.73. The Morgan fingerprint density at radius 1 is 1.24 bits per heavy atom. The highest BCUT2D eigenvalue weighted by Crippen LogP contribution is 2.26. The normalized spacial score (nSPS) is 21.0. The van der Waals surface area contributed by atoms with Gasteiger partial charge in [0.1, 0.15) is 6.33 Å². The summed E-state index contributed by atoms with van der Waals surface area (Å²) >= 11 is 0. The molecule has 1 atom stereocenters. The van der Waals surface area contributed by atoms with Gasteiger partial charge in [-0.3, -0.25) is 4.90 Å². The Labute approximate surface area is 123 Å². The lowest BCUT2D eigenvalue weighted by molar-refractivity contribution is -0.143. The summed E-state index contributed by atoms with van der Waals surface area (Å²) in [5.41, 5.74) is 1.85. The number of alkyl halides is 3. The zero-order valence-corrected chi connectivity index (χ0v) is 12.7. The van der Waals surface area contributed by atoms with E-state index in [1.54, 1.807) is 6.33 Å². The maximum atomic E-state index is 12.4. The molecule has 0 amide bonds. The van der Waals surface area contributed by atoms with Crippen LogP contribution in [0.1, 0.15) is 38.6 Å². The first kappa shape index (κ1) is 16.2. The van der Waals surface area contributed by atoms with E-state index in [2.05, 4.69) is 30.7 Å². The van der Waals surface area contributed by atoms with E-state index >= 15 is 0 Å².